The first-order chi connectivity index (χ1) is 8.60. The number of hydrogen-bond donors (Lipinski definition) is 2. The van der Waals surface area contributed by atoms with Crippen LogP contribution in [0.2, 0.25) is 0 Å². The Balaban J connectivity index is 2.17. The lowest BCUT2D eigenvalue weighted by atomic mass is 10.1. The van der Waals surface area contributed by atoms with E-state index in [4.69, 9.17) is 0 Å². The van der Waals surface area contributed by atoms with E-state index in [1.54, 1.807) is 0 Å². The topological polar surface area (TPSA) is 35.5 Å². The molecule has 1 aromatic carbocycles. The summed E-state index contributed by atoms with van der Waals surface area (Å²) in [4.78, 5) is 2.38. The number of aliphatic hydroxyl groups is 1. The summed E-state index contributed by atoms with van der Waals surface area (Å²) in [6.45, 7) is 8.61. The molecule has 1 aliphatic rings. The predicted octanol–water partition coefficient (Wildman–Crippen LogP) is 1.85. The van der Waals surface area contributed by atoms with Gasteiger partial charge in [-0.05, 0) is 50.5 Å². The molecule has 0 bridgehead atoms. The summed E-state index contributed by atoms with van der Waals surface area (Å²) in [5, 5.41) is 12.9. The average molecular weight is 248 g/mol. The van der Waals surface area contributed by atoms with E-state index in [-0.39, 0.29) is 12.6 Å². The van der Waals surface area contributed by atoms with Gasteiger partial charge in [0.1, 0.15) is 0 Å². The molecule has 2 rings (SSSR count). The van der Waals surface area contributed by atoms with Gasteiger partial charge in [-0.2, -0.15) is 0 Å². The minimum Gasteiger partial charge on any atom is -0.395 e. The zero-order chi connectivity index (χ0) is 13.1. The van der Waals surface area contributed by atoms with Crippen molar-refractivity contribution in [3.8, 4) is 0 Å². The Labute approximate surface area is 110 Å². The molecule has 1 aromatic rings. The molecule has 18 heavy (non-hydrogen) atoms. The Morgan fingerprint density at radius 1 is 1.33 bits per heavy atom. The van der Waals surface area contributed by atoms with Crippen molar-refractivity contribution >= 4 is 5.69 Å². The molecule has 0 spiro atoms. The van der Waals surface area contributed by atoms with Crippen LogP contribution < -0.4 is 10.2 Å². The highest BCUT2D eigenvalue weighted by Crippen LogP contribution is 2.21. The summed E-state index contributed by atoms with van der Waals surface area (Å²) in [5.74, 6) is 0. The van der Waals surface area contributed by atoms with E-state index in [0.29, 0.717) is 6.04 Å². The molecule has 1 heterocycles. The van der Waals surface area contributed by atoms with Gasteiger partial charge in [-0.25, -0.2) is 0 Å². The number of anilines is 1. The van der Waals surface area contributed by atoms with Gasteiger partial charge in [-0.15, -0.1) is 0 Å². The molecule has 0 amide bonds. The van der Waals surface area contributed by atoms with Gasteiger partial charge in [-0.1, -0.05) is 6.07 Å². The molecule has 2 unspecified atom stereocenters. The first-order valence-electron chi connectivity index (χ1n) is 6.79. The maximum absolute atomic E-state index is 9.41. The lowest BCUT2D eigenvalue weighted by Crippen LogP contribution is -2.42. The molecule has 0 aromatic heterocycles. The van der Waals surface area contributed by atoms with Crippen LogP contribution in [-0.4, -0.2) is 36.9 Å². The maximum atomic E-state index is 9.41. The number of aliphatic hydroxyl groups excluding tert-OH is 1. The molecule has 3 nitrogen and oxygen atoms in total. The summed E-state index contributed by atoms with van der Waals surface area (Å²) < 4.78 is 0. The molecule has 2 atom stereocenters. The van der Waals surface area contributed by atoms with Crippen LogP contribution in [0.15, 0.2) is 18.2 Å². The van der Waals surface area contributed by atoms with Crippen molar-refractivity contribution in [2.45, 2.75) is 39.3 Å². The highest BCUT2D eigenvalue weighted by molar-refractivity contribution is 5.51. The summed E-state index contributed by atoms with van der Waals surface area (Å²) in [5.41, 5.74) is 3.93. The molecule has 2 N–H and O–H groups in total. The fraction of sp³-hybridized carbons (Fsp3) is 0.600. The summed E-state index contributed by atoms with van der Waals surface area (Å²) >= 11 is 0. The van der Waals surface area contributed by atoms with Gasteiger partial charge in [0, 0.05) is 30.9 Å². The molecule has 0 radical (unpaired) electrons. The van der Waals surface area contributed by atoms with Crippen LogP contribution in [0.1, 0.15) is 24.5 Å². The SMILES string of the molecule is Cc1ccc(N2CCC(C)NC(CO)C2)cc1C. The summed E-state index contributed by atoms with van der Waals surface area (Å²) in [6, 6.07) is 7.26. The molecule has 3 heteroatoms. The minimum atomic E-state index is 0.170. The third kappa shape index (κ3) is 3.03. The Kier molecular flexibility index (Phi) is 4.25. The van der Waals surface area contributed by atoms with Gasteiger partial charge in [-0.3, -0.25) is 0 Å². The number of aryl methyl sites for hydroxylation is 2. The molecule has 0 aliphatic carbocycles. The normalized spacial score (nSPS) is 25.0. The van der Waals surface area contributed by atoms with E-state index in [9.17, 15) is 5.11 Å². The van der Waals surface area contributed by atoms with Crippen molar-refractivity contribution in [3.63, 3.8) is 0 Å². The first-order valence-corrected chi connectivity index (χ1v) is 6.79. The second-order valence-corrected chi connectivity index (χ2v) is 5.45. The van der Waals surface area contributed by atoms with E-state index >= 15 is 0 Å². The Morgan fingerprint density at radius 2 is 2.11 bits per heavy atom. The van der Waals surface area contributed by atoms with Crippen LogP contribution in [0.5, 0.6) is 0 Å². The zero-order valence-electron chi connectivity index (χ0n) is 11.6. The van der Waals surface area contributed by atoms with E-state index in [1.807, 2.05) is 0 Å². The standard InChI is InChI=1S/C15H24N2O/c1-11-4-5-15(8-12(11)2)17-7-6-13(3)16-14(9-17)10-18/h4-5,8,13-14,16,18H,6-7,9-10H2,1-3H3. The van der Waals surface area contributed by atoms with Crippen LogP contribution in [-0.2, 0) is 0 Å². The average Bonchev–Trinajstić information content (AvgIpc) is 2.54. The van der Waals surface area contributed by atoms with Crippen molar-refractivity contribution in [1.29, 1.82) is 0 Å². The van der Waals surface area contributed by atoms with Gasteiger partial charge in [0.05, 0.1) is 6.61 Å². The van der Waals surface area contributed by atoms with Crippen molar-refractivity contribution in [2.75, 3.05) is 24.6 Å². The third-order valence-corrected chi connectivity index (χ3v) is 3.87. The van der Waals surface area contributed by atoms with Crippen LogP contribution >= 0.6 is 0 Å². The van der Waals surface area contributed by atoms with E-state index < -0.39 is 0 Å². The van der Waals surface area contributed by atoms with Gasteiger partial charge >= 0.3 is 0 Å². The highest BCUT2D eigenvalue weighted by atomic mass is 16.3. The van der Waals surface area contributed by atoms with Gasteiger partial charge in [0.25, 0.3) is 0 Å². The van der Waals surface area contributed by atoms with Gasteiger partial charge in [0.15, 0.2) is 0 Å². The smallest absolute Gasteiger partial charge is 0.0602 e. The van der Waals surface area contributed by atoms with Crippen molar-refractivity contribution in [2.24, 2.45) is 0 Å². The number of nitrogens with zero attached hydrogens (tertiary/aromatic N) is 1. The lowest BCUT2D eigenvalue weighted by Gasteiger charge is -2.26. The van der Waals surface area contributed by atoms with Crippen molar-refractivity contribution in [3.05, 3.63) is 29.3 Å². The first kappa shape index (κ1) is 13.4. The zero-order valence-corrected chi connectivity index (χ0v) is 11.6. The molecule has 0 saturated carbocycles. The number of hydrogen-bond acceptors (Lipinski definition) is 3. The monoisotopic (exact) mass is 248 g/mol. The van der Waals surface area contributed by atoms with Crippen LogP contribution in [0.4, 0.5) is 5.69 Å². The quantitative estimate of drug-likeness (QED) is 0.838. The highest BCUT2D eigenvalue weighted by Gasteiger charge is 2.21. The molecular formula is C15H24N2O. The van der Waals surface area contributed by atoms with Crippen molar-refractivity contribution in [1.82, 2.24) is 5.32 Å². The van der Waals surface area contributed by atoms with E-state index in [0.717, 1.165) is 19.5 Å². The molecule has 1 fully saturated rings. The van der Waals surface area contributed by atoms with Crippen LogP contribution in [0.25, 0.3) is 0 Å². The molecule has 100 valence electrons. The fourth-order valence-corrected chi connectivity index (χ4v) is 2.51. The van der Waals surface area contributed by atoms with E-state index in [1.165, 1.54) is 16.8 Å². The largest absolute Gasteiger partial charge is 0.395 e. The Morgan fingerprint density at radius 3 is 2.78 bits per heavy atom. The van der Waals surface area contributed by atoms with E-state index in [2.05, 4.69) is 49.2 Å². The molecular weight excluding hydrogens is 224 g/mol. The Hall–Kier alpha value is -1.06. The second kappa shape index (κ2) is 5.72. The van der Waals surface area contributed by atoms with Crippen molar-refractivity contribution < 1.29 is 5.11 Å². The Bertz CT molecular complexity index is 405. The fourth-order valence-electron chi connectivity index (χ4n) is 2.51. The second-order valence-electron chi connectivity index (χ2n) is 5.45. The van der Waals surface area contributed by atoms with Crippen LogP contribution in [0.3, 0.4) is 0 Å². The number of nitrogens with one attached hydrogen (secondary N) is 1. The third-order valence-electron chi connectivity index (χ3n) is 3.87. The summed E-state index contributed by atoms with van der Waals surface area (Å²) in [7, 11) is 0. The number of rotatable bonds is 2. The van der Waals surface area contributed by atoms with Gasteiger partial charge < -0.3 is 15.3 Å². The summed E-state index contributed by atoms with van der Waals surface area (Å²) in [6.07, 6.45) is 1.11. The maximum Gasteiger partial charge on any atom is 0.0602 e. The predicted molar refractivity (Wildman–Crippen MR) is 76.2 cm³/mol. The number of benzene rings is 1. The van der Waals surface area contributed by atoms with Gasteiger partial charge in [0.2, 0.25) is 0 Å². The lowest BCUT2D eigenvalue weighted by molar-refractivity contribution is 0.240. The minimum absolute atomic E-state index is 0.170. The molecule has 1 aliphatic heterocycles. The molecule has 1 saturated heterocycles. The van der Waals surface area contributed by atoms with Crippen LogP contribution in [0, 0.1) is 13.8 Å².